The molecule has 1 aromatic carbocycles. The van der Waals surface area contributed by atoms with Gasteiger partial charge in [-0.3, -0.25) is 0 Å². The highest BCUT2D eigenvalue weighted by Crippen LogP contribution is 2.05. The van der Waals surface area contributed by atoms with E-state index in [9.17, 15) is 0 Å². The van der Waals surface area contributed by atoms with Gasteiger partial charge in [0.1, 0.15) is 6.61 Å². The second-order valence-electron chi connectivity index (χ2n) is 2.03. The zero-order chi connectivity index (χ0) is 7.40. The van der Waals surface area contributed by atoms with Crippen LogP contribution >= 0.6 is 0 Å². The zero-order valence-corrected chi connectivity index (χ0v) is 5.49. The number of hydrogen-bond acceptors (Lipinski definition) is 2. The van der Waals surface area contributed by atoms with Crippen LogP contribution in [-0.4, -0.2) is 10.2 Å². The summed E-state index contributed by atoms with van der Waals surface area (Å²) in [6.45, 7) is 1.03. The number of aliphatic hydroxyl groups excluding tert-OH is 2. The highest BCUT2D eigenvalue weighted by atomic mass is 16.3. The fourth-order valence-electron chi connectivity index (χ4n) is 0.772. The molecule has 1 radical (unpaired) electrons. The highest BCUT2D eigenvalue weighted by Gasteiger charge is 1.91. The molecule has 0 aliphatic carbocycles. The van der Waals surface area contributed by atoms with Crippen molar-refractivity contribution < 1.29 is 10.2 Å². The molecule has 53 valence electrons. The maximum Gasteiger partial charge on any atom is 0.109 e. The van der Waals surface area contributed by atoms with E-state index in [-0.39, 0.29) is 6.61 Å². The summed E-state index contributed by atoms with van der Waals surface area (Å²) in [5, 5.41) is 17.2. The number of rotatable bonds is 2. The van der Waals surface area contributed by atoms with Gasteiger partial charge >= 0.3 is 0 Å². The first-order valence-corrected chi connectivity index (χ1v) is 3.04. The lowest BCUT2D eigenvalue weighted by atomic mass is 10.1. The molecule has 0 saturated heterocycles. The van der Waals surface area contributed by atoms with E-state index in [0.29, 0.717) is 5.56 Å². The topological polar surface area (TPSA) is 40.5 Å². The predicted octanol–water partition coefficient (Wildman–Crippen LogP) is 1.06. The molecule has 0 saturated carbocycles. The minimum absolute atomic E-state index is 0.0156. The van der Waals surface area contributed by atoms with Gasteiger partial charge in [-0.1, -0.05) is 24.3 Å². The van der Waals surface area contributed by atoms with Gasteiger partial charge in [-0.25, -0.2) is 0 Å². The molecule has 0 spiro atoms. The molecule has 2 N–H and O–H groups in total. The first-order valence-electron chi connectivity index (χ1n) is 3.04. The van der Waals surface area contributed by atoms with Crippen LogP contribution in [0.25, 0.3) is 0 Å². The summed E-state index contributed by atoms with van der Waals surface area (Å²) in [4.78, 5) is 0. The molecule has 0 atom stereocenters. The van der Waals surface area contributed by atoms with E-state index in [1.165, 1.54) is 0 Å². The van der Waals surface area contributed by atoms with E-state index in [1.807, 2.05) is 0 Å². The van der Waals surface area contributed by atoms with Gasteiger partial charge < -0.3 is 10.2 Å². The Morgan fingerprint density at radius 2 is 2.20 bits per heavy atom. The molecule has 0 aliphatic rings. The number of hydrogen-bond donors (Lipinski definition) is 2. The monoisotopic (exact) mass is 137 g/mol. The van der Waals surface area contributed by atoms with Crippen LogP contribution in [0.15, 0.2) is 24.3 Å². The summed E-state index contributed by atoms with van der Waals surface area (Å²) in [6, 6.07) is 7.07. The largest absolute Gasteiger partial charge is 0.392 e. The Morgan fingerprint density at radius 3 is 2.80 bits per heavy atom. The molecule has 0 bridgehead atoms. The van der Waals surface area contributed by atoms with Gasteiger partial charge in [0.15, 0.2) is 0 Å². The predicted molar refractivity (Wildman–Crippen MR) is 37.7 cm³/mol. The van der Waals surface area contributed by atoms with Gasteiger partial charge in [0, 0.05) is 0 Å². The van der Waals surface area contributed by atoms with Crippen molar-refractivity contribution in [2.75, 3.05) is 0 Å². The van der Waals surface area contributed by atoms with Crippen LogP contribution in [0.4, 0.5) is 0 Å². The fraction of sp³-hybridized carbons (Fsp3) is 0.125. The zero-order valence-electron chi connectivity index (χ0n) is 5.49. The Labute approximate surface area is 59.7 Å². The van der Waals surface area contributed by atoms with Crippen LogP contribution < -0.4 is 0 Å². The van der Waals surface area contributed by atoms with Crippen molar-refractivity contribution in [1.82, 2.24) is 0 Å². The van der Waals surface area contributed by atoms with Gasteiger partial charge in [0.25, 0.3) is 0 Å². The van der Waals surface area contributed by atoms with Crippen molar-refractivity contribution in [2.45, 2.75) is 6.61 Å². The molecule has 0 aromatic heterocycles. The maximum atomic E-state index is 8.66. The van der Waals surface area contributed by atoms with Crippen LogP contribution in [0.1, 0.15) is 11.1 Å². The minimum atomic E-state index is 0.0156. The molecular weight excluding hydrogens is 128 g/mol. The van der Waals surface area contributed by atoms with Crippen LogP contribution in [-0.2, 0) is 6.61 Å². The SMILES string of the molecule is O[CH]c1cccc(CO)c1. The molecule has 10 heavy (non-hydrogen) atoms. The molecule has 0 heterocycles. The van der Waals surface area contributed by atoms with E-state index in [0.717, 1.165) is 12.2 Å². The standard InChI is InChI=1S/C8H9O2/c9-5-7-2-1-3-8(4-7)6-10/h1-5,9-10H,6H2. The third-order valence-corrected chi connectivity index (χ3v) is 1.28. The summed E-state index contributed by atoms with van der Waals surface area (Å²) in [5.74, 6) is 0. The van der Waals surface area contributed by atoms with Crippen LogP contribution in [0.3, 0.4) is 0 Å². The van der Waals surface area contributed by atoms with Gasteiger partial charge in [-0.2, -0.15) is 0 Å². The summed E-state index contributed by atoms with van der Waals surface area (Å²) < 4.78 is 0. The number of aliphatic hydroxyl groups is 2. The summed E-state index contributed by atoms with van der Waals surface area (Å²) >= 11 is 0. The first kappa shape index (κ1) is 7.25. The van der Waals surface area contributed by atoms with Crippen LogP contribution in [0.2, 0.25) is 0 Å². The van der Waals surface area contributed by atoms with E-state index in [1.54, 1.807) is 24.3 Å². The van der Waals surface area contributed by atoms with Gasteiger partial charge in [-0.05, 0) is 11.1 Å². The molecule has 1 aromatic rings. The summed E-state index contributed by atoms with van der Waals surface area (Å²) in [7, 11) is 0. The van der Waals surface area contributed by atoms with Crippen LogP contribution in [0.5, 0.6) is 0 Å². The lowest BCUT2D eigenvalue weighted by molar-refractivity contribution is 0.281. The third-order valence-electron chi connectivity index (χ3n) is 1.28. The second kappa shape index (κ2) is 3.34. The number of benzene rings is 1. The molecule has 0 fully saturated rings. The second-order valence-corrected chi connectivity index (χ2v) is 2.03. The lowest BCUT2D eigenvalue weighted by Gasteiger charge is -1.97. The van der Waals surface area contributed by atoms with Crippen LogP contribution in [0, 0.1) is 6.61 Å². The Balaban J connectivity index is 2.87. The smallest absolute Gasteiger partial charge is 0.109 e. The molecule has 1 rings (SSSR count). The van der Waals surface area contributed by atoms with Gasteiger partial charge in [-0.15, -0.1) is 0 Å². The van der Waals surface area contributed by atoms with E-state index < -0.39 is 0 Å². The third kappa shape index (κ3) is 1.56. The van der Waals surface area contributed by atoms with Crippen molar-refractivity contribution in [3.8, 4) is 0 Å². The summed E-state index contributed by atoms with van der Waals surface area (Å²) in [6.07, 6.45) is 0. The Kier molecular flexibility index (Phi) is 2.42. The van der Waals surface area contributed by atoms with Crippen molar-refractivity contribution in [2.24, 2.45) is 0 Å². The summed E-state index contributed by atoms with van der Waals surface area (Å²) in [5.41, 5.74) is 1.52. The van der Waals surface area contributed by atoms with Crippen molar-refractivity contribution in [3.63, 3.8) is 0 Å². The Morgan fingerprint density at radius 1 is 1.40 bits per heavy atom. The fourth-order valence-corrected chi connectivity index (χ4v) is 0.772. The average molecular weight is 137 g/mol. The van der Waals surface area contributed by atoms with Crippen molar-refractivity contribution >= 4 is 0 Å². The quantitative estimate of drug-likeness (QED) is 0.639. The first-order chi connectivity index (χ1) is 4.86. The Hall–Kier alpha value is -0.860. The van der Waals surface area contributed by atoms with Crippen molar-refractivity contribution in [3.05, 3.63) is 42.0 Å². The molecule has 2 heteroatoms. The normalized spacial score (nSPS) is 9.80. The lowest BCUT2D eigenvalue weighted by Crippen LogP contribution is -1.85. The van der Waals surface area contributed by atoms with Gasteiger partial charge in [0.05, 0.1) is 6.61 Å². The van der Waals surface area contributed by atoms with E-state index >= 15 is 0 Å². The van der Waals surface area contributed by atoms with E-state index in [2.05, 4.69) is 0 Å². The Bertz CT molecular complexity index is 189. The maximum absolute atomic E-state index is 8.66. The minimum Gasteiger partial charge on any atom is -0.392 e. The molecule has 0 amide bonds. The molecule has 0 unspecified atom stereocenters. The molecule has 0 aliphatic heterocycles. The molecule has 2 nitrogen and oxygen atoms in total. The highest BCUT2D eigenvalue weighted by molar-refractivity contribution is 5.26. The van der Waals surface area contributed by atoms with Gasteiger partial charge in [0.2, 0.25) is 0 Å². The van der Waals surface area contributed by atoms with E-state index in [4.69, 9.17) is 10.2 Å². The molecular formula is C8H9O2. The average Bonchev–Trinajstić information content (AvgIpc) is 2.05. The van der Waals surface area contributed by atoms with Crippen molar-refractivity contribution in [1.29, 1.82) is 0 Å².